The van der Waals surface area contributed by atoms with Gasteiger partial charge in [0.1, 0.15) is 6.61 Å². The highest BCUT2D eigenvalue weighted by atomic mass is 16.6. The molecule has 0 bridgehead atoms. The quantitative estimate of drug-likeness (QED) is 0.744. The number of imide groups is 1. The Morgan fingerprint density at radius 2 is 1.66 bits per heavy atom. The van der Waals surface area contributed by atoms with Crippen LogP contribution >= 0.6 is 0 Å². The second kappa shape index (κ2) is 9.82. The summed E-state index contributed by atoms with van der Waals surface area (Å²) < 4.78 is 5.45. The zero-order valence-corrected chi connectivity index (χ0v) is 17.8. The minimum absolute atomic E-state index is 0.0899. The van der Waals surface area contributed by atoms with Crippen molar-refractivity contribution < 1.29 is 24.2 Å². The smallest absolute Gasteiger partial charge is 0.421 e. The first kappa shape index (κ1) is 21.8. The zero-order valence-electron chi connectivity index (χ0n) is 17.8. The van der Waals surface area contributed by atoms with Gasteiger partial charge in [-0.3, -0.25) is 4.79 Å². The molecule has 2 aliphatic heterocycles. The third-order valence-corrected chi connectivity index (χ3v) is 6.13. The van der Waals surface area contributed by atoms with Gasteiger partial charge in [-0.2, -0.15) is 0 Å². The molecule has 0 unspecified atom stereocenters. The molecule has 4 rings (SSSR count). The first-order chi connectivity index (χ1) is 15.5. The third-order valence-electron chi connectivity index (χ3n) is 6.13. The molecule has 2 saturated heterocycles. The van der Waals surface area contributed by atoms with Crippen LogP contribution in [0.5, 0.6) is 0 Å². The SMILES string of the molecule is O=C(O)N1CCC(c2ccc(N(C(=O)OCc3ccccc3)C(=O)C3CNC3)cc2)CC1. The Morgan fingerprint density at radius 3 is 2.22 bits per heavy atom. The van der Waals surface area contributed by atoms with Crippen LogP contribution in [0.3, 0.4) is 0 Å². The van der Waals surface area contributed by atoms with E-state index < -0.39 is 12.2 Å². The number of anilines is 1. The number of amides is 3. The molecule has 2 fully saturated rings. The van der Waals surface area contributed by atoms with Crippen molar-refractivity contribution in [2.24, 2.45) is 5.92 Å². The summed E-state index contributed by atoms with van der Waals surface area (Å²) >= 11 is 0. The van der Waals surface area contributed by atoms with Crippen molar-refractivity contribution in [3.8, 4) is 0 Å². The first-order valence-corrected chi connectivity index (χ1v) is 10.9. The Morgan fingerprint density at radius 1 is 1.00 bits per heavy atom. The van der Waals surface area contributed by atoms with E-state index in [1.54, 1.807) is 12.1 Å². The molecule has 0 radical (unpaired) electrons. The maximum absolute atomic E-state index is 13.0. The molecule has 3 amide bonds. The molecule has 168 valence electrons. The molecule has 2 aliphatic rings. The van der Waals surface area contributed by atoms with E-state index in [0.717, 1.165) is 28.9 Å². The zero-order chi connectivity index (χ0) is 22.5. The normalized spacial score (nSPS) is 16.8. The summed E-state index contributed by atoms with van der Waals surface area (Å²) in [7, 11) is 0. The number of rotatable bonds is 5. The number of ether oxygens (including phenoxy) is 1. The van der Waals surface area contributed by atoms with Crippen LogP contribution in [0.25, 0.3) is 0 Å². The minimum atomic E-state index is -0.882. The van der Waals surface area contributed by atoms with E-state index in [-0.39, 0.29) is 24.3 Å². The number of nitrogens with zero attached hydrogens (tertiary/aromatic N) is 2. The van der Waals surface area contributed by atoms with E-state index in [2.05, 4.69) is 5.32 Å². The lowest BCUT2D eigenvalue weighted by Gasteiger charge is -2.32. The van der Waals surface area contributed by atoms with Crippen LogP contribution in [0.2, 0.25) is 0 Å². The molecule has 32 heavy (non-hydrogen) atoms. The second-order valence-electron chi connectivity index (χ2n) is 8.20. The number of benzene rings is 2. The highest BCUT2D eigenvalue weighted by molar-refractivity contribution is 6.13. The van der Waals surface area contributed by atoms with E-state index >= 15 is 0 Å². The van der Waals surface area contributed by atoms with Crippen molar-refractivity contribution in [1.29, 1.82) is 0 Å². The first-order valence-electron chi connectivity index (χ1n) is 10.9. The molecule has 0 aliphatic carbocycles. The van der Waals surface area contributed by atoms with E-state index in [0.29, 0.717) is 31.9 Å². The Hall–Kier alpha value is -3.39. The molecule has 0 aromatic heterocycles. The third kappa shape index (κ3) is 4.91. The number of carboxylic acid groups (broad SMARTS) is 1. The van der Waals surface area contributed by atoms with Gasteiger partial charge < -0.3 is 20.1 Å². The molecule has 2 aromatic rings. The average molecular weight is 437 g/mol. The van der Waals surface area contributed by atoms with Crippen LogP contribution in [-0.4, -0.2) is 54.3 Å². The Balaban J connectivity index is 1.46. The summed E-state index contributed by atoms with van der Waals surface area (Å²) in [6.45, 7) is 2.19. The number of likely N-dealkylation sites (tertiary alicyclic amines) is 1. The van der Waals surface area contributed by atoms with Gasteiger partial charge in [-0.1, -0.05) is 42.5 Å². The molecule has 8 nitrogen and oxygen atoms in total. The van der Waals surface area contributed by atoms with E-state index in [1.807, 2.05) is 42.5 Å². The van der Waals surface area contributed by atoms with Gasteiger partial charge in [0.2, 0.25) is 5.91 Å². The van der Waals surface area contributed by atoms with E-state index in [9.17, 15) is 14.4 Å². The van der Waals surface area contributed by atoms with E-state index in [1.165, 1.54) is 4.90 Å². The summed E-state index contributed by atoms with van der Waals surface area (Å²) in [6.07, 6.45) is -0.0665. The van der Waals surface area contributed by atoms with Gasteiger partial charge in [-0.25, -0.2) is 14.5 Å². The predicted molar refractivity (Wildman–Crippen MR) is 118 cm³/mol. The Labute approximate surface area is 186 Å². The molecule has 2 heterocycles. The molecule has 0 saturated carbocycles. The van der Waals surface area contributed by atoms with E-state index in [4.69, 9.17) is 9.84 Å². The fraction of sp³-hybridized carbons (Fsp3) is 0.375. The molecular weight excluding hydrogens is 410 g/mol. The Bertz CT molecular complexity index is 951. The highest BCUT2D eigenvalue weighted by Gasteiger charge is 2.35. The van der Waals surface area contributed by atoms with Crippen LogP contribution in [0.15, 0.2) is 54.6 Å². The largest absolute Gasteiger partial charge is 0.465 e. The van der Waals surface area contributed by atoms with Crippen LogP contribution < -0.4 is 10.2 Å². The molecule has 0 spiro atoms. The fourth-order valence-electron chi connectivity index (χ4n) is 4.05. The Kier molecular flexibility index (Phi) is 6.70. The van der Waals surface area contributed by atoms with Gasteiger partial charge in [0.05, 0.1) is 11.6 Å². The lowest BCUT2D eigenvalue weighted by Crippen LogP contribution is -2.53. The molecule has 2 N–H and O–H groups in total. The second-order valence-corrected chi connectivity index (χ2v) is 8.20. The van der Waals surface area contributed by atoms with Gasteiger partial charge in [0.25, 0.3) is 0 Å². The topological polar surface area (TPSA) is 99.2 Å². The number of hydrogen-bond acceptors (Lipinski definition) is 5. The van der Waals surface area contributed by atoms with Crippen molar-refractivity contribution in [3.63, 3.8) is 0 Å². The number of carbonyl (C=O) groups excluding carboxylic acids is 2. The van der Waals surface area contributed by atoms with Crippen LogP contribution in [0.4, 0.5) is 15.3 Å². The van der Waals surface area contributed by atoms with Gasteiger partial charge in [-0.15, -0.1) is 0 Å². The summed E-state index contributed by atoms with van der Waals surface area (Å²) in [5.74, 6) is -0.270. The van der Waals surface area contributed by atoms with Crippen LogP contribution in [0.1, 0.15) is 29.9 Å². The predicted octanol–water partition coefficient (Wildman–Crippen LogP) is 3.43. The summed E-state index contributed by atoms with van der Waals surface area (Å²) in [5, 5.41) is 12.2. The van der Waals surface area contributed by atoms with Crippen molar-refractivity contribution >= 4 is 23.8 Å². The van der Waals surface area contributed by atoms with Gasteiger partial charge >= 0.3 is 12.2 Å². The van der Waals surface area contributed by atoms with Crippen molar-refractivity contribution in [1.82, 2.24) is 10.2 Å². The van der Waals surface area contributed by atoms with Crippen molar-refractivity contribution in [2.75, 3.05) is 31.1 Å². The summed E-state index contributed by atoms with van der Waals surface area (Å²) in [4.78, 5) is 39.6. The number of carbonyl (C=O) groups is 3. The van der Waals surface area contributed by atoms with Crippen LogP contribution in [0, 0.1) is 5.92 Å². The maximum Gasteiger partial charge on any atom is 0.421 e. The van der Waals surface area contributed by atoms with Crippen molar-refractivity contribution in [3.05, 3.63) is 65.7 Å². The van der Waals surface area contributed by atoms with Gasteiger partial charge in [0.15, 0.2) is 0 Å². The fourth-order valence-corrected chi connectivity index (χ4v) is 4.05. The van der Waals surface area contributed by atoms with Gasteiger partial charge in [0, 0.05) is 26.2 Å². The average Bonchev–Trinajstić information content (AvgIpc) is 2.78. The maximum atomic E-state index is 13.0. The summed E-state index contributed by atoms with van der Waals surface area (Å²) in [5.41, 5.74) is 2.41. The van der Waals surface area contributed by atoms with Crippen LogP contribution in [-0.2, 0) is 16.1 Å². The number of piperidine rings is 1. The van der Waals surface area contributed by atoms with Crippen molar-refractivity contribution in [2.45, 2.75) is 25.4 Å². The number of hydrogen-bond donors (Lipinski definition) is 2. The molecule has 0 atom stereocenters. The van der Waals surface area contributed by atoms with Gasteiger partial charge in [-0.05, 0) is 42.0 Å². The lowest BCUT2D eigenvalue weighted by atomic mass is 9.89. The number of nitrogens with one attached hydrogen (secondary N) is 1. The summed E-state index contributed by atoms with van der Waals surface area (Å²) in [6, 6.07) is 16.7. The molecule has 8 heteroatoms. The molecular formula is C24H27N3O5. The standard InChI is InChI=1S/C24H27N3O5/c28-22(20-14-25-15-20)27(24(31)32-16-17-4-2-1-3-5-17)21-8-6-18(7-9-21)19-10-12-26(13-11-19)23(29)30/h1-9,19-20,25H,10-16H2,(H,29,30). The lowest BCUT2D eigenvalue weighted by molar-refractivity contribution is -0.123. The molecule has 2 aromatic carbocycles. The monoisotopic (exact) mass is 437 g/mol. The minimum Gasteiger partial charge on any atom is -0.465 e. The highest BCUT2D eigenvalue weighted by Crippen LogP contribution is 2.30.